The molecule has 2 heterocycles. The Labute approximate surface area is 153 Å². The van der Waals surface area contributed by atoms with Gasteiger partial charge in [0.25, 0.3) is 5.91 Å². The quantitative estimate of drug-likeness (QED) is 0.718. The van der Waals surface area contributed by atoms with Crippen LogP contribution in [0.1, 0.15) is 32.7 Å². The molecule has 0 unspecified atom stereocenters. The summed E-state index contributed by atoms with van der Waals surface area (Å²) >= 11 is 0. The largest absolute Gasteiger partial charge is 0.356 e. The van der Waals surface area contributed by atoms with Crippen molar-refractivity contribution in [1.82, 2.24) is 9.88 Å². The standard InChI is InChI=1S/C23H20N2O/c26-22(25-13-14-25)21-20-11-12-23(15-17(20)16-24-21,18-7-3-1-4-8-18)19-9-5-2-6-10-19/h1-12,16,24H,13-15H2. The predicted molar refractivity (Wildman–Crippen MR) is 103 cm³/mol. The maximum Gasteiger partial charge on any atom is 0.271 e. The number of nitrogens with zero attached hydrogens (tertiary/aromatic N) is 1. The van der Waals surface area contributed by atoms with E-state index in [1.54, 1.807) is 0 Å². The van der Waals surface area contributed by atoms with Gasteiger partial charge in [-0.2, -0.15) is 0 Å². The first-order valence-corrected chi connectivity index (χ1v) is 9.08. The summed E-state index contributed by atoms with van der Waals surface area (Å²) in [5.74, 6) is 0.114. The van der Waals surface area contributed by atoms with E-state index in [0.29, 0.717) is 0 Å². The van der Waals surface area contributed by atoms with Crippen LogP contribution in [0.25, 0.3) is 6.08 Å². The zero-order chi connectivity index (χ0) is 17.6. The number of rotatable bonds is 3. The number of hydrogen-bond acceptors (Lipinski definition) is 1. The van der Waals surface area contributed by atoms with Crippen LogP contribution in [0, 0.1) is 0 Å². The summed E-state index contributed by atoms with van der Waals surface area (Å²) in [5, 5.41) is 0. The monoisotopic (exact) mass is 340 g/mol. The third kappa shape index (κ3) is 2.31. The molecule has 0 atom stereocenters. The average Bonchev–Trinajstić information content (AvgIpc) is 3.48. The van der Waals surface area contributed by atoms with Gasteiger partial charge < -0.3 is 9.88 Å². The topological polar surface area (TPSA) is 35.9 Å². The van der Waals surface area contributed by atoms with Gasteiger partial charge in [-0.05, 0) is 23.1 Å². The summed E-state index contributed by atoms with van der Waals surface area (Å²) < 4.78 is 0. The molecule has 0 bridgehead atoms. The Bertz CT molecular complexity index is 942. The lowest BCUT2D eigenvalue weighted by molar-refractivity contribution is 0.0880. The normalized spacial score (nSPS) is 17.0. The molecule has 0 saturated carbocycles. The van der Waals surface area contributed by atoms with Crippen LogP contribution in [0.5, 0.6) is 0 Å². The van der Waals surface area contributed by atoms with Gasteiger partial charge in [0, 0.05) is 30.3 Å². The number of allylic oxidation sites excluding steroid dienone is 1. The van der Waals surface area contributed by atoms with Gasteiger partial charge in [-0.1, -0.05) is 72.8 Å². The van der Waals surface area contributed by atoms with Crippen LogP contribution in [-0.4, -0.2) is 28.9 Å². The van der Waals surface area contributed by atoms with E-state index in [2.05, 4.69) is 77.8 Å². The van der Waals surface area contributed by atoms with E-state index in [1.165, 1.54) is 16.7 Å². The summed E-state index contributed by atoms with van der Waals surface area (Å²) in [6, 6.07) is 21.2. The van der Waals surface area contributed by atoms with Crippen LogP contribution in [0.15, 0.2) is 72.9 Å². The summed E-state index contributed by atoms with van der Waals surface area (Å²) in [6.07, 6.45) is 7.26. The molecule has 128 valence electrons. The molecule has 1 N–H and O–H groups in total. The molecule has 1 aliphatic heterocycles. The number of hydrogen-bond donors (Lipinski definition) is 1. The van der Waals surface area contributed by atoms with E-state index in [9.17, 15) is 4.79 Å². The van der Waals surface area contributed by atoms with E-state index in [0.717, 1.165) is 30.8 Å². The maximum atomic E-state index is 12.5. The second-order valence-electron chi connectivity index (χ2n) is 7.11. The second-order valence-corrected chi connectivity index (χ2v) is 7.11. The zero-order valence-electron chi connectivity index (χ0n) is 14.5. The molecular formula is C23H20N2O. The van der Waals surface area contributed by atoms with Crippen molar-refractivity contribution >= 4 is 12.0 Å². The van der Waals surface area contributed by atoms with Crippen molar-refractivity contribution in [3.8, 4) is 0 Å². The molecule has 2 aliphatic rings. The Morgan fingerprint density at radius 3 is 2.12 bits per heavy atom. The van der Waals surface area contributed by atoms with Gasteiger partial charge in [0.1, 0.15) is 5.69 Å². The molecule has 0 spiro atoms. The number of aromatic amines is 1. The fraction of sp³-hybridized carbons (Fsp3) is 0.174. The third-order valence-electron chi connectivity index (χ3n) is 5.54. The Balaban J connectivity index is 1.63. The molecule has 1 aliphatic carbocycles. The molecule has 3 heteroatoms. The van der Waals surface area contributed by atoms with Crippen molar-refractivity contribution in [3.63, 3.8) is 0 Å². The number of fused-ring (bicyclic) bond motifs is 1. The molecule has 1 fully saturated rings. The van der Waals surface area contributed by atoms with Crippen LogP contribution >= 0.6 is 0 Å². The Kier molecular flexibility index (Phi) is 3.35. The lowest BCUT2D eigenvalue weighted by Gasteiger charge is -2.35. The number of amides is 1. The van der Waals surface area contributed by atoms with Crippen molar-refractivity contribution in [3.05, 3.63) is 101 Å². The highest BCUT2D eigenvalue weighted by Crippen LogP contribution is 2.42. The van der Waals surface area contributed by atoms with E-state index in [1.807, 2.05) is 11.1 Å². The lowest BCUT2D eigenvalue weighted by atomic mass is 9.68. The Hall–Kier alpha value is -3.07. The van der Waals surface area contributed by atoms with E-state index in [-0.39, 0.29) is 11.3 Å². The first-order chi connectivity index (χ1) is 12.8. The highest BCUT2D eigenvalue weighted by atomic mass is 16.2. The second kappa shape index (κ2) is 5.73. The Morgan fingerprint density at radius 2 is 1.54 bits per heavy atom. The molecule has 1 aromatic heterocycles. The molecule has 3 nitrogen and oxygen atoms in total. The summed E-state index contributed by atoms with van der Waals surface area (Å²) in [7, 11) is 0. The first kappa shape index (κ1) is 15.2. The Morgan fingerprint density at radius 1 is 0.923 bits per heavy atom. The highest BCUT2D eigenvalue weighted by molar-refractivity contribution is 5.98. The summed E-state index contributed by atoms with van der Waals surface area (Å²) in [6.45, 7) is 1.74. The molecule has 3 aromatic rings. The van der Waals surface area contributed by atoms with E-state index >= 15 is 0 Å². The van der Waals surface area contributed by atoms with Crippen molar-refractivity contribution in [2.75, 3.05) is 13.1 Å². The number of aromatic nitrogens is 1. The van der Waals surface area contributed by atoms with Crippen LogP contribution in [0.2, 0.25) is 0 Å². The van der Waals surface area contributed by atoms with Crippen LogP contribution < -0.4 is 0 Å². The zero-order valence-corrected chi connectivity index (χ0v) is 14.5. The van der Waals surface area contributed by atoms with Gasteiger partial charge in [-0.25, -0.2) is 0 Å². The molecule has 0 radical (unpaired) electrons. The van der Waals surface area contributed by atoms with E-state index < -0.39 is 0 Å². The molecule has 26 heavy (non-hydrogen) atoms. The van der Waals surface area contributed by atoms with Crippen LogP contribution in [0.4, 0.5) is 0 Å². The smallest absolute Gasteiger partial charge is 0.271 e. The SMILES string of the molecule is O=C(c1[nH]cc2c1C=CC(c1ccccc1)(c1ccccc1)C2)N1CC1. The fourth-order valence-corrected chi connectivity index (χ4v) is 4.02. The number of benzene rings is 2. The third-order valence-corrected chi connectivity index (χ3v) is 5.54. The van der Waals surface area contributed by atoms with Gasteiger partial charge >= 0.3 is 0 Å². The molecule has 1 amide bonds. The molecule has 5 rings (SSSR count). The molecule has 2 aromatic carbocycles. The van der Waals surface area contributed by atoms with Crippen LogP contribution in [-0.2, 0) is 11.8 Å². The predicted octanol–water partition coefficient (Wildman–Crippen LogP) is 4.03. The number of carbonyl (C=O) groups excluding carboxylic acids is 1. The number of carbonyl (C=O) groups is 1. The molecular weight excluding hydrogens is 320 g/mol. The molecule has 1 saturated heterocycles. The average molecular weight is 340 g/mol. The minimum atomic E-state index is -0.210. The van der Waals surface area contributed by atoms with Gasteiger partial charge in [0.15, 0.2) is 0 Å². The van der Waals surface area contributed by atoms with Crippen molar-refractivity contribution in [2.24, 2.45) is 0 Å². The fourth-order valence-electron chi connectivity index (χ4n) is 4.02. The highest BCUT2D eigenvalue weighted by Gasteiger charge is 2.37. The van der Waals surface area contributed by atoms with E-state index in [4.69, 9.17) is 0 Å². The van der Waals surface area contributed by atoms with Crippen molar-refractivity contribution in [2.45, 2.75) is 11.8 Å². The van der Waals surface area contributed by atoms with Gasteiger partial charge in [0.05, 0.1) is 0 Å². The lowest BCUT2D eigenvalue weighted by Crippen LogP contribution is -2.30. The maximum absolute atomic E-state index is 12.5. The number of nitrogens with one attached hydrogen (secondary N) is 1. The minimum absolute atomic E-state index is 0.114. The first-order valence-electron chi connectivity index (χ1n) is 9.08. The van der Waals surface area contributed by atoms with Gasteiger partial charge in [-0.3, -0.25) is 4.79 Å². The number of H-pyrrole nitrogens is 1. The van der Waals surface area contributed by atoms with Gasteiger partial charge in [-0.15, -0.1) is 0 Å². The van der Waals surface area contributed by atoms with Crippen LogP contribution in [0.3, 0.4) is 0 Å². The van der Waals surface area contributed by atoms with Crippen molar-refractivity contribution in [1.29, 1.82) is 0 Å². The van der Waals surface area contributed by atoms with Crippen molar-refractivity contribution < 1.29 is 4.79 Å². The minimum Gasteiger partial charge on any atom is -0.356 e. The summed E-state index contributed by atoms with van der Waals surface area (Å²) in [5.41, 5.74) is 5.30. The summed E-state index contributed by atoms with van der Waals surface area (Å²) in [4.78, 5) is 17.6. The van der Waals surface area contributed by atoms with Gasteiger partial charge in [0.2, 0.25) is 0 Å².